The van der Waals surface area contributed by atoms with E-state index < -0.39 is 0 Å². The number of benzene rings is 2. The summed E-state index contributed by atoms with van der Waals surface area (Å²) in [5, 5.41) is 0. The number of piperazine rings is 1. The summed E-state index contributed by atoms with van der Waals surface area (Å²) >= 11 is 0. The Hall–Kier alpha value is -3.06. The van der Waals surface area contributed by atoms with Crippen molar-refractivity contribution in [3.05, 3.63) is 59.7 Å². The first-order valence-corrected chi connectivity index (χ1v) is 12.7. The fourth-order valence-corrected chi connectivity index (χ4v) is 4.91. The molecule has 2 aromatic carbocycles. The zero-order valence-corrected chi connectivity index (χ0v) is 21.1. The second-order valence-corrected chi connectivity index (χ2v) is 9.57. The van der Waals surface area contributed by atoms with E-state index in [2.05, 4.69) is 41.0 Å². The van der Waals surface area contributed by atoms with Crippen molar-refractivity contribution < 1.29 is 14.3 Å². The molecule has 2 amide bonds. The molecule has 2 heterocycles. The molecular formula is C28H38N4O3. The molecule has 4 rings (SSSR count). The summed E-state index contributed by atoms with van der Waals surface area (Å²) in [7, 11) is 1.65. The normalized spacial score (nSPS) is 17.3. The van der Waals surface area contributed by atoms with Crippen molar-refractivity contribution in [2.45, 2.75) is 26.2 Å². The Bertz CT molecular complexity index is 986. The maximum atomic E-state index is 13.0. The van der Waals surface area contributed by atoms with Crippen LogP contribution in [0.5, 0.6) is 5.75 Å². The molecule has 0 atom stereocenters. The highest BCUT2D eigenvalue weighted by atomic mass is 16.5. The molecule has 0 aromatic heterocycles. The molecule has 2 aliphatic heterocycles. The highest BCUT2D eigenvalue weighted by molar-refractivity contribution is 5.79. The number of ether oxygens (including phenoxy) is 1. The maximum absolute atomic E-state index is 13.0. The van der Waals surface area contributed by atoms with Gasteiger partial charge in [0.05, 0.1) is 13.7 Å². The Labute approximate surface area is 209 Å². The van der Waals surface area contributed by atoms with E-state index in [0.717, 1.165) is 70.0 Å². The number of rotatable bonds is 7. The van der Waals surface area contributed by atoms with Crippen LogP contribution in [0, 0.1) is 6.92 Å². The number of methoxy groups -OCH3 is 1. The third-order valence-corrected chi connectivity index (χ3v) is 7.09. The first-order valence-electron chi connectivity index (χ1n) is 12.7. The highest BCUT2D eigenvalue weighted by Gasteiger charge is 2.25. The third kappa shape index (κ3) is 6.98. The molecule has 7 nitrogen and oxygen atoms in total. The lowest BCUT2D eigenvalue weighted by Gasteiger charge is -2.37. The van der Waals surface area contributed by atoms with E-state index in [1.165, 1.54) is 11.3 Å². The Balaban J connectivity index is 1.19. The molecule has 0 radical (unpaired) electrons. The quantitative estimate of drug-likeness (QED) is 0.613. The minimum atomic E-state index is 0.196. The van der Waals surface area contributed by atoms with E-state index in [9.17, 15) is 9.59 Å². The molecular weight excluding hydrogens is 440 g/mol. The molecule has 0 N–H and O–H groups in total. The van der Waals surface area contributed by atoms with Crippen molar-refractivity contribution in [3.63, 3.8) is 0 Å². The average Bonchev–Trinajstić information content (AvgIpc) is 3.13. The molecule has 0 bridgehead atoms. The summed E-state index contributed by atoms with van der Waals surface area (Å²) in [6, 6.07) is 16.5. The van der Waals surface area contributed by atoms with Gasteiger partial charge in [0.2, 0.25) is 11.8 Å². The molecule has 2 fully saturated rings. The Morgan fingerprint density at radius 3 is 2.26 bits per heavy atom. The number of anilines is 1. The molecule has 7 heteroatoms. The Kier molecular flexibility index (Phi) is 8.64. The molecule has 2 saturated heterocycles. The second-order valence-electron chi connectivity index (χ2n) is 9.57. The van der Waals surface area contributed by atoms with Gasteiger partial charge >= 0.3 is 0 Å². The van der Waals surface area contributed by atoms with Crippen LogP contribution in [0.3, 0.4) is 0 Å². The van der Waals surface area contributed by atoms with Gasteiger partial charge in [-0.15, -0.1) is 0 Å². The predicted octanol–water partition coefficient (Wildman–Crippen LogP) is 2.82. The first kappa shape index (κ1) is 25.0. The molecule has 0 saturated carbocycles. The van der Waals surface area contributed by atoms with Crippen molar-refractivity contribution in [2.75, 3.05) is 70.9 Å². The lowest BCUT2D eigenvalue weighted by Crippen LogP contribution is -2.51. The van der Waals surface area contributed by atoms with Crippen LogP contribution in [0.4, 0.5) is 5.69 Å². The molecule has 0 aliphatic carbocycles. The van der Waals surface area contributed by atoms with Gasteiger partial charge in [-0.25, -0.2) is 0 Å². The number of nitrogens with zero attached hydrogens (tertiary/aromatic N) is 4. The zero-order valence-electron chi connectivity index (χ0n) is 21.1. The minimum Gasteiger partial charge on any atom is -0.497 e. The number of amides is 2. The van der Waals surface area contributed by atoms with Crippen LogP contribution in [-0.4, -0.2) is 92.5 Å². The van der Waals surface area contributed by atoms with Crippen LogP contribution in [0.2, 0.25) is 0 Å². The predicted molar refractivity (Wildman–Crippen MR) is 139 cm³/mol. The van der Waals surface area contributed by atoms with Crippen molar-refractivity contribution in [1.82, 2.24) is 14.7 Å². The molecule has 0 unspecified atom stereocenters. The molecule has 2 aliphatic rings. The van der Waals surface area contributed by atoms with Crippen LogP contribution in [0.1, 0.15) is 24.0 Å². The lowest BCUT2D eigenvalue weighted by molar-refractivity contribution is -0.132. The van der Waals surface area contributed by atoms with Gasteiger partial charge in [0.15, 0.2) is 0 Å². The van der Waals surface area contributed by atoms with E-state index in [-0.39, 0.29) is 11.8 Å². The summed E-state index contributed by atoms with van der Waals surface area (Å²) < 4.78 is 5.20. The Morgan fingerprint density at radius 1 is 0.829 bits per heavy atom. The fourth-order valence-electron chi connectivity index (χ4n) is 4.91. The number of carbonyl (C=O) groups excluding carboxylic acids is 2. The van der Waals surface area contributed by atoms with Gasteiger partial charge in [0, 0.05) is 64.5 Å². The standard InChI is InChI=1S/C28H38N4O3/c1-23-5-3-6-25(21-23)30-17-19-32(20-18-30)28(34)22-29-13-4-14-31(16-15-29)27(33)12-9-24-7-10-26(35-2)11-8-24/h3,5-8,10-11,21H,4,9,12-20,22H2,1-2H3. The molecule has 0 spiro atoms. The summed E-state index contributed by atoms with van der Waals surface area (Å²) in [6.07, 6.45) is 2.15. The number of hydrogen-bond acceptors (Lipinski definition) is 5. The largest absolute Gasteiger partial charge is 0.497 e. The second kappa shape index (κ2) is 12.1. The van der Waals surface area contributed by atoms with E-state index in [4.69, 9.17) is 4.74 Å². The summed E-state index contributed by atoms with van der Waals surface area (Å²) in [4.78, 5) is 34.3. The smallest absolute Gasteiger partial charge is 0.236 e. The third-order valence-electron chi connectivity index (χ3n) is 7.09. The lowest BCUT2D eigenvalue weighted by atomic mass is 10.1. The topological polar surface area (TPSA) is 56.3 Å². The Morgan fingerprint density at radius 2 is 1.54 bits per heavy atom. The summed E-state index contributed by atoms with van der Waals surface area (Å²) in [6.45, 7) is 8.88. The van der Waals surface area contributed by atoms with Crippen molar-refractivity contribution in [3.8, 4) is 5.75 Å². The van der Waals surface area contributed by atoms with E-state index in [1.807, 2.05) is 34.1 Å². The van der Waals surface area contributed by atoms with E-state index in [1.54, 1.807) is 7.11 Å². The molecule has 35 heavy (non-hydrogen) atoms. The van der Waals surface area contributed by atoms with Gasteiger partial charge in [0.25, 0.3) is 0 Å². The summed E-state index contributed by atoms with van der Waals surface area (Å²) in [5.41, 5.74) is 3.64. The van der Waals surface area contributed by atoms with Gasteiger partial charge in [-0.3, -0.25) is 14.5 Å². The van der Waals surface area contributed by atoms with Crippen molar-refractivity contribution in [2.24, 2.45) is 0 Å². The van der Waals surface area contributed by atoms with Gasteiger partial charge in [0.1, 0.15) is 5.75 Å². The minimum absolute atomic E-state index is 0.196. The van der Waals surface area contributed by atoms with E-state index in [0.29, 0.717) is 19.5 Å². The number of hydrogen-bond donors (Lipinski definition) is 0. The van der Waals surface area contributed by atoms with Gasteiger partial charge in [-0.1, -0.05) is 24.3 Å². The van der Waals surface area contributed by atoms with Crippen LogP contribution >= 0.6 is 0 Å². The van der Waals surface area contributed by atoms with Crippen LogP contribution in [0.25, 0.3) is 0 Å². The number of aryl methyl sites for hydroxylation is 2. The van der Waals surface area contributed by atoms with Gasteiger partial charge < -0.3 is 19.4 Å². The van der Waals surface area contributed by atoms with Crippen LogP contribution in [-0.2, 0) is 16.0 Å². The molecule has 2 aromatic rings. The van der Waals surface area contributed by atoms with Crippen LogP contribution in [0.15, 0.2) is 48.5 Å². The SMILES string of the molecule is COc1ccc(CCC(=O)N2CCCN(CC(=O)N3CCN(c4cccc(C)c4)CC3)CC2)cc1. The maximum Gasteiger partial charge on any atom is 0.236 e. The van der Waals surface area contributed by atoms with E-state index >= 15 is 0 Å². The van der Waals surface area contributed by atoms with Crippen molar-refractivity contribution in [1.29, 1.82) is 0 Å². The fraction of sp³-hybridized carbons (Fsp3) is 0.500. The first-order chi connectivity index (χ1) is 17.0. The monoisotopic (exact) mass is 478 g/mol. The molecule has 188 valence electrons. The van der Waals surface area contributed by atoms with Gasteiger partial charge in [-0.05, 0) is 55.2 Å². The van der Waals surface area contributed by atoms with Gasteiger partial charge in [-0.2, -0.15) is 0 Å². The highest BCUT2D eigenvalue weighted by Crippen LogP contribution is 2.18. The number of carbonyl (C=O) groups is 2. The average molecular weight is 479 g/mol. The van der Waals surface area contributed by atoms with Crippen molar-refractivity contribution >= 4 is 17.5 Å². The summed E-state index contributed by atoms with van der Waals surface area (Å²) in [5.74, 6) is 1.23. The zero-order chi connectivity index (χ0) is 24.6. The van der Waals surface area contributed by atoms with Crippen LogP contribution < -0.4 is 9.64 Å².